The normalized spacial score (nSPS) is 25.1. The van der Waals surface area contributed by atoms with Crippen molar-refractivity contribution in [1.82, 2.24) is 5.32 Å². The van der Waals surface area contributed by atoms with Crippen molar-refractivity contribution >= 4 is 27.3 Å². The monoisotopic (exact) mass is 253 g/mol. The van der Waals surface area contributed by atoms with Crippen LogP contribution in [-0.2, 0) is 14.6 Å². The van der Waals surface area contributed by atoms with Crippen LogP contribution in [0.25, 0.3) is 0 Å². The standard InChI is InChI=1S/C9H16ClNO3S/c1-9(2,6-10)11-8(12)7-3-4-15(13,14)5-7/h7H,3-6H2,1-2H3,(H,11,12). The molecule has 1 atom stereocenters. The number of rotatable bonds is 3. The fourth-order valence-electron chi connectivity index (χ4n) is 1.47. The molecule has 1 unspecified atom stereocenters. The summed E-state index contributed by atoms with van der Waals surface area (Å²) in [4.78, 5) is 11.7. The van der Waals surface area contributed by atoms with Gasteiger partial charge in [0.05, 0.1) is 17.4 Å². The summed E-state index contributed by atoms with van der Waals surface area (Å²) >= 11 is 5.67. The average molecular weight is 254 g/mol. The van der Waals surface area contributed by atoms with Crippen molar-refractivity contribution in [3.8, 4) is 0 Å². The molecule has 1 heterocycles. The zero-order valence-corrected chi connectivity index (χ0v) is 10.5. The first-order valence-corrected chi connectivity index (χ1v) is 7.20. The fourth-order valence-corrected chi connectivity index (χ4v) is 3.28. The molecule has 0 aromatic rings. The van der Waals surface area contributed by atoms with E-state index in [2.05, 4.69) is 5.32 Å². The summed E-state index contributed by atoms with van der Waals surface area (Å²) in [5.74, 6) is -0.221. The maximum atomic E-state index is 11.7. The molecule has 1 amide bonds. The van der Waals surface area contributed by atoms with Crippen molar-refractivity contribution in [3.63, 3.8) is 0 Å². The summed E-state index contributed by atoms with van der Waals surface area (Å²) < 4.78 is 22.3. The van der Waals surface area contributed by atoms with Crippen LogP contribution < -0.4 is 5.32 Å². The molecule has 1 aliphatic rings. The number of amides is 1. The predicted octanol–water partition coefficient (Wildman–Crippen LogP) is 0.555. The predicted molar refractivity (Wildman–Crippen MR) is 59.7 cm³/mol. The third-order valence-corrected chi connectivity index (χ3v) is 4.83. The lowest BCUT2D eigenvalue weighted by Gasteiger charge is -2.24. The van der Waals surface area contributed by atoms with E-state index in [1.165, 1.54) is 0 Å². The van der Waals surface area contributed by atoms with Gasteiger partial charge in [-0.15, -0.1) is 11.6 Å². The van der Waals surface area contributed by atoms with E-state index in [1.54, 1.807) is 13.8 Å². The van der Waals surface area contributed by atoms with Crippen LogP contribution >= 0.6 is 11.6 Å². The van der Waals surface area contributed by atoms with Gasteiger partial charge in [-0.3, -0.25) is 4.79 Å². The van der Waals surface area contributed by atoms with E-state index in [0.717, 1.165) is 0 Å². The summed E-state index contributed by atoms with van der Waals surface area (Å²) in [5.41, 5.74) is -0.481. The molecule has 0 radical (unpaired) electrons. The Morgan fingerprint density at radius 3 is 2.53 bits per heavy atom. The van der Waals surface area contributed by atoms with Gasteiger partial charge in [-0.2, -0.15) is 0 Å². The first kappa shape index (κ1) is 12.8. The highest BCUT2D eigenvalue weighted by molar-refractivity contribution is 7.91. The van der Waals surface area contributed by atoms with Gasteiger partial charge in [0.2, 0.25) is 5.91 Å². The van der Waals surface area contributed by atoms with E-state index in [1.807, 2.05) is 0 Å². The van der Waals surface area contributed by atoms with Crippen molar-refractivity contribution in [2.45, 2.75) is 25.8 Å². The van der Waals surface area contributed by atoms with Crippen LogP contribution in [0.4, 0.5) is 0 Å². The summed E-state index contributed by atoms with van der Waals surface area (Å²) in [6, 6.07) is 0. The van der Waals surface area contributed by atoms with E-state index >= 15 is 0 Å². The van der Waals surface area contributed by atoms with Gasteiger partial charge in [0, 0.05) is 11.4 Å². The number of sulfone groups is 1. The number of hydrogen-bond acceptors (Lipinski definition) is 3. The molecule has 0 aromatic heterocycles. The lowest BCUT2D eigenvalue weighted by atomic mass is 10.0. The average Bonchev–Trinajstić information content (AvgIpc) is 2.45. The second kappa shape index (κ2) is 4.29. The molecular formula is C9H16ClNO3S. The molecule has 15 heavy (non-hydrogen) atoms. The van der Waals surface area contributed by atoms with Gasteiger partial charge in [-0.25, -0.2) is 8.42 Å². The first-order valence-electron chi connectivity index (χ1n) is 4.84. The molecule has 88 valence electrons. The minimum absolute atomic E-state index is 0.0306. The van der Waals surface area contributed by atoms with Gasteiger partial charge in [0.15, 0.2) is 9.84 Å². The van der Waals surface area contributed by atoms with E-state index in [0.29, 0.717) is 12.3 Å². The van der Waals surface area contributed by atoms with Crippen molar-refractivity contribution in [1.29, 1.82) is 0 Å². The molecule has 0 spiro atoms. The van der Waals surface area contributed by atoms with E-state index < -0.39 is 21.3 Å². The van der Waals surface area contributed by atoms with Gasteiger partial charge in [-0.1, -0.05) is 0 Å². The smallest absolute Gasteiger partial charge is 0.224 e. The second-order valence-corrected chi connectivity index (χ2v) is 7.10. The van der Waals surface area contributed by atoms with Crippen LogP contribution in [0.15, 0.2) is 0 Å². The molecule has 1 aliphatic heterocycles. The number of hydrogen-bond donors (Lipinski definition) is 1. The van der Waals surface area contributed by atoms with Gasteiger partial charge < -0.3 is 5.32 Å². The first-order chi connectivity index (χ1) is 6.76. The molecule has 0 aromatic carbocycles. The second-order valence-electron chi connectivity index (χ2n) is 4.61. The number of nitrogens with one attached hydrogen (secondary N) is 1. The number of halogens is 1. The summed E-state index contributed by atoms with van der Waals surface area (Å²) in [6.07, 6.45) is 0.423. The SMILES string of the molecule is CC(C)(CCl)NC(=O)C1CCS(=O)(=O)C1. The zero-order valence-electron chi connectivity index (χ0n) is 8.92. The fraction of sp³-hybridized carbons (Fsp3) is 0.889. The van der Waals surface area contributed by atoms with E-state index in [4.69, 9.17) is 11.6 Å². The highest BCUT2D eigenvalue weighted by Crippen LogP contribution is 2.19. The van der Waals surface area contributed by atoms with Gasteiger partial charge in [0.1, 0.15) is 0 Å². The van der Waals surface area contributed by atoms with Gasteiger partial charge in [0.25, 0.3) is 0 Å². The van der Waals surface area contributed by atoms with E-state index in [-0.39, 0.29) is 17.4 Å². The van der Waals surface area contributed by atoms with Gasteiger partial charge in [-0.05, 0) is 20.3 Å². The molecule has 0 saturated carbocycles. The van der Waals surface area contributed by atoms with Crippen molar-refractivity contribution < 1.29 is 13.2 Å². The molecule has 0 aliphatic carbocycles. The molecular weight excluding hydrogens is 238 g/mol. The molecule has 1 N–H and O–H groups in total. The number of alkyl halides is 1. The summed E-state index contributed by atoms with van der Waals surface area (Å²) in [7, 11) is -3.00. The Kier molecular flexibility index (Phi) is 3.66. The third kappa shape index (κ3) is 3.65. The topological polar surface area (TPSA) is 63.2 Å². The highest BCUT2D eigenvalue weighted by atomic mass is 35.5. The lowest BCUT2D eigenvalue weighted by Crippen LogP contribution is -2.47. The Morgan fingerprint density at radius 2 is 2.13 bits per heavy atom. The Balaban J connectivity index is 2.57. The van der Waals surface area contributed by atoms with Crippen LogP contribution in [0.5, 0.6) is 0 Å². The van der Waals surface area contributed by atoms with Crippen LogP contribution in [0.1, 0.15) is 20.3 Å². The quantitative estimate of drug-likeness (QED) is 0.748. The molecule has 6 heteroatoms. The molecule has 0 bridgehead atoms. The molecule has 4 nitrogen and oxygen atoms in total. The maximum Gasteiger partial charge on any atom is 0.224 e. The Hall–Kier alpha value is -0.290. The Bertz CT molecular complexity index is 350. The number of carbonyl (C=O) groups excluding carboxylic acids is 1. The summed E-state index contributed by atoms with van der Waals surface area (Å²) in [6.45, 7) is 3.61. The van der Waals surface area contributed by atoms with Crippen molar-refractivity contribution in [3.05, 3.63) is 0 Å². The minimum atomic E-state index is -3.00. The number of carbonyl (C=O) groups is 1. The molecule has 1 rings (SSSR count). The largest absolute Gasteiger partial charge is 0.350 e. The summed E-state index contributed by atoms with van der Waals surface area (Å²) in [5, 5.41) is 2.75. The third-order valence-electron chi connectivity index (χ3n) is 2.40. The Labute approximate surface area is 95.3 Å². The molecule has 1 saturated heterocycles. The van der Waals surface area contributed by atoms with Crippen LogP contribution in [0.2, 0.25) is 0 Å². The Morgan fingerprint density at radius 1 is 1.53 bits per heavy atom. The highest BCUT2D eigenvalue weighted by Gasteiger charge is 2.34. The van der Waals surface area contributed by atoms with Crippen molar-refractivity contribution in [2.75, 3.05) is 17.4 Å². The molecule has 1 fully saturated rings. The van der Waals surface area contributed by atoms with Crippen molar-refractivity contribution in [2.24, 2.45) is 5.92 Å². The van der Waals surface area contributed by atoms with Gasteiger partial charge >= 0.3 is 0 Å². The van der Waals surface area contributed by atoms with E-state index in [9.17, 15) is 13.2 Å². The minimum Gasteiger partial charge on any atom is -0.350 e. The van der Waals surface area contributed by atoms with Crippen LogP contribution in [-0.4, -0.2) is 37.2 Å². The zero-order chi connectivity index (χ0) is 11.7. The maximum absolute atomic E-state index is 11.7. The van der Waals surface area contributed by atoms with Crippen LogP contribution in [0.3, 0.4) is 0 Å². The lowest BCUT2D eigenvalue weighted by molar-refractivity contribution is -0.125. The van der Waals surface area contributed by atoms with Crippen LogP contribution in [0, 0.1) is 5.92 Å².